The third-order valence-corrected chi connectivity index (χ3v) is 4.27. The van der Waals surface area contributed by atoms with Crippen LogP contribution in [0.2, 0.25) is 0 Å². The van der Waals surface area contributed by atoms with Crippen LogP contribution in [0.5, 0.6) is 0 Å². The summed E-state index contributed by atoms with van der Waals surface area (Å²) >= 11 is 0. The highest BCUT2D eigenvalue weighted by Crippen LogP contribution is 2.17. The summed E-state index contributed by atoms with van der Waals surface area (Å²) in [6.45, 7) is 4.83. The van der Waals surface area contributed by atoms with Crippen molar-refractivity contribution in [3.05, 3.63) is 23.8 Å². The summed E-state index contributed by atoms with van der Waals surface area (Å²) in [5.41, 5.74) is 1.23. The van der Waals surface area contributed by atoms with Crippen molar-refractivity contribution in [1.82, 2.24) is 29.8 Å². The molecule has 1 N–H and O–H groups in total. The molecule has 1 aliphatic rings. The number of nitrogens with zero attached hydrogens (tertiary/aromatic N) is 5. The van der Waals surface area contributed by atoms with Crippen molar-refractivity contribution in [3.8, 4) is 0 Å². The topological polar surface area (TPSA) is 75.4 Å². The standard InChI is InChI=1S/C15H22N6O/c1-11-13(9-21-15(19-11)17-10-18-21)14(22)16-6-5-12-4-3-7-20(2)8-12/h9-10,12H,3-8H2,1-2H3,(H,16,22). The molecule has 0 aromatic carbocycles. The van der Waals surface area contributed by atoms with Crippen molar-refractivity contribution in [2.45, 2.75) is 26.2 Å². The predicted octanol–water partition coefficient (Wildman–Crippen LogP) is 0.894. The highest BCUT2D eigenvalue weighted by Gasteiger charge is 2.18. The first-order chi connectivity index (χ1) is 10.6. The Morgan fingerprint density at radius 3 is 3.18 bits per heavy atom. The minimum atomic E-state index is -0.0911. The average Bonchev–Trinajstić information content (AvgIpc) is 2.93. The van der Waals surface area contributed by atoms with E-state index in [1.807, 2.05) is 6.92 Å². The number of hydrogen-bond donors (Lipinski definition) is 1. The van der Waals surface area contributed by atoms with Crippen molar-refractivity contribution in [2.24, 2.45) is 5.92 Å². The highest BCUT2D eigenvalue weighted by molar-refractivity contribution is 5.95. The molecule has 1 fully saturated rings. The number of aryl methyl sites for hydroxylation is 1. The number of hydrogen-bond acceptors (Lipinski definition) is 5. The number of rotatable bonds is 4. The molecule has 0 bridgehead atoms. The third kappa shape index (κ3) is 3.24. The van der Waals surface area contributed by atoms with E-state index in [0.717, 1.165) is 13.0 Å². The molecule has 0 radical (unpaired) electrons. The third-order valence-electron chi connectivity index (χ3n) is 4.27. The molecule has 118 valence electrons. The lowest BCUT2D eigenvalue weighted by Crippen LogP contribution is -2.34. The van der Waals surface area contributed by atoms with E-state index in [1.54, 1.807) is 6.20 Å². The van der Waals surface area contributed by atoms with Crippen LogP contribution < -0.4 is 5.32 Å². The summed E-state index contributed by atoms with van der Waals surface area (Å²) < 4.78 is 1.53. The predicted molar refractivity (Wildman–Crippen MR) is 82.7 cm³/mol. The molecule has 0 spiro atoms. The summed E-state index contributed by atoms with van der Waals surface area (Å²) in [5, 5.41) is 7.02. The van der Waals surface area contributed by atoms with Gasteiger partial charge in [-0.3, -0.25) is 4.79 Å². The average molecular weight is 302 g/mol. The van der Waals surface area contributed by atoms with Crippen molar-refractivity contribution in [1.29, 1.82) is 0 Å². The fourth-order valence-electron chi connectivity index (χ4n) is 3.06. The van der Waals surface area contributed by atoms with Crippen molar-refractivity contribution >= 4 is 11.7 Å². The fourth-order valence-corrected chi connectivity index (χ4v) is 3.06. The monoisotopic (exact) mass is 302 g/mol. The second-order valence-corrected chi connectivity index (χ2v) is 6.06. The molecule has 0 saturated carbocycles. The van der Waals surface area contributed by atoms with Gasteiger partial charge in [-0.1, -0.05) is 0 Å². The van der Waals surface area contributed by atoms with E-state index in [-0.39, 0.29) is 5.91 Å². The second kappa shape index (κ2) is 6.39. The molecule has 22 heavy (non-hydrogen) atoms. The zero-order valence-electron chi connectivity index (χ0n) is 13.1. The van der Waals surface area contributed by atoms with Gasteiger partial charge in [0, 0.05) is 19.3 Å². The molecule has 7 nitrogen and oxygen atoms in total. The number of fused-ring (bicyclic) bond motifs is 1. The lowest BCUT2D eigenvalue weighted by Gasteiger charge is -2.29. The Morgan fingerprint density at radius 2 is 2.36 bits per heavy atom. The molecule has 0 aliphatic carbocycles. The maximum Gasteiger partial charge on any atom is 0.254 e. The van der Waals surface area contributed by atoms with Crippen molar-refractivity contribution in [2.75, 3.05) is 26.7 Å². The number of aromatic nitrogens is 4. The molecule has 3 rings (SSSR count). The minimum absolute atomic E-state index is 0.0911. The van der Waals surface area contributed by atoms with Gasteiger partial charge in [0.25, 0.3) is 11.7 Å². The van der Waals surface area contributed by atoms with Crippen LogP contribution in [0.15, 0.2) is 12.5 Å². The molecule has 7 heteroatoms. The van der Waals surface area contributed by atoms with Crippen LogP contribution in [-0.4, -0.2) is 57.1 Å². The van der Waals surface area contributed by atoms with E-state index < -0.39 is 0 Å². The van der Waals surface area contributed by atoms with Gasteiger partial charge in [-0.25, -0.2) is 9.50 Å². The lowest BCUT2D eigenvalue weighted by molar-refractivity contribution is 0.0946. The van der Waals surface area contributed by atoms with Crippen LogP contribution in [0, 0.1) is 12.8 Å². The molecule has 1 saturated heterocycles. The number of likely N-dealkylation sites (tertiary alicyclic amines) is 1. The Kier molecular flexibility index (Phi) is 4.33. The zero-order valence-corrected chi connectivity index (χ0v) is 13.1. The van der Waals surface area contributed by atoms with Gasteiger partial charge in [0.15, 0.2) is 0 Å². The van der Waals surface area contributed by atoms with Crippen LogP contribution >= 0.6 is 0 Å². The van der Waals surface area contributed by atoms with E-state index in [2.05, 4.69) is 32.3 Å². The molecule has 2 aromatic heterocycles. The second-order valence-electron chi connectivity index (χ2n) is 6.06. The van der Waals surface area contributed by atoms with Crippen LogP contribution in [0.1, 0.15) is 35.3 Å². The number of carbonyl (C=O) groups is 1. The Balaban J connectivity index is 1.57. The smallest absolute Gasteiger partial charge is 0.254 e. The first-order valence-electron chi connectivity index (χ1n) is 7.77. The first-order valence-corrected chi connectivity index (χ1v) is 7.77. The summed E-state index contributed by atoms with van der Waals surface area (Å²) in [6, 6.07) is 0. The molecule has 3 heterocycles. The molecule has 1 unspecified atom stereocenters. The van der Waals surface area contributed by atoms with Crippen molar-refractivity contribution < 1.29 is 4.79 Å². The first kappa shape index (κ1) is 14.9. The van der Waals surface area contributed by atoms with Gasteiger partial charge in [0.1, 0.15) is 6.33 Å². The number of nitrogens with one attached hydrogen (secondary N) is 1. The van der Waals surface area contributed by atoms with Gasteiger partial charge < -0.3 is 10.2 Å². The van der Waals surface area contributed by atoms with Crippen LogP contribution in [0.3, 0.4) is 0 Å². The Hall–Kier alpha value is -2.02. The van der Waals surface area contributed by atoms with E-state index in [9.17, 15) is 4.79 Å². The molecule has 2 aromatic rings. The lowest BCUT2D eigenvalue weighted by atomic mass is 9.95. The highest BCUT2D eigenvalue weighted by atomic mass is 16.1. The largest absolute Gasteiger partial charge is 0.352 e. The number of amides is 1. The Bertz CT molecular complexity index is 667. The van der Waals surface area contributed by atoms with Crippen LogP contribution in [0.4, 0.5) is 0 Å². The molecular formula is C15H22N6O. The van der Waals surface area contributed by atoms with Gasteiger partial charge in [-0.15, -0.1) is 0 Å². The number of piperidine rings is 1. The molecule has 1 aliphatic heterocycles. The van der Waals surface area contributed by atoms with Crippen molar-refractivity contribution in [3.63, 3.8) is 0 Å². The van der Waals surface area contributed by atoms with Crippen LogP contribution in [-0.2, 0) is 0 Å². The Labute approximate surface area is 129 Å². The molecule has 1 amide bonds. The maximum absolute atomic E-state index is 12.3. The number of carbonyl (C=O) groups excluding carboxylic acids is 1. The van der Waals surface area contributed by atoms with E-state index in [0.29, 0.717) is 29.5 Å². The van der Waals surface area contributed by atoms with Gasteiger partial charge in [-0.05, 0) is 45.7 Å². The Morgan fingerprint density at radius 1 is 1.50 bits per heavy atom. The van der Waals surface area contributed by atoms with Gasteiger partial charge in [-0.2, -0.15) is 10.1 Å². The van der Waals surface area contributed by atoms with E-state index in [4.69, 9.17) is 0 Å². The fraction of sp³-hybridized carbons (Fsp3) is 0.600. The summed E-state index contributed by atoms with van der Waals surface area (Å²) in [7, 11) is 2.16. The quantitative estimate of drug-likeness (QED) is 0.908. The minimum Gasteiger partial charge on any atom is -0.352 e. The summed E-state index contributed by atoms with van der Waals surface area (Å²) in [6.07, 6.45) is 6.65. The zero-order chi connectivity index (χ0) is 15.5. The van der Waals surface area contributed by atoms with Gasteiger partial charge in [0.2, 0.25) is 0 Å². The molecule has 1 atom stereocenters. The normalized spacial score (nSPS) is 19.5. The maximum atomic E-state index is 12.3. The molecular weight excluding hydrogens is 280 g/mol. The van der Waals surface area contributed by atoms with Gasteiger partial charge >= 0.3 is 0 Å². The summed E-state index contributed by atoms with van der Waals surface area (Å²) in [5.74, 6) is 1.10. The van der Waals surface area contributed by atoms with E-state index >= 15 is 0 Å². The van der Waals surface area contributed by atoms with Gasteiger partial charge in [0.05, 0.1) is 11.3 Å². The van der Waals surface area contributed by atoms with E-state index in [1.165, 1.54) is 30.2 Å². The van der Waals surface area contributed by atoms with Crippen LogP contribution in [0.25, 0.3) is 5.78 Å². The summed E-state index contributed by atoms with van der Waals surface area (Å²) in [4.78, 5) is 23.0. The SMILES string of the molecule is Cc1nc2ncnn2cc1C(=O)NCCC1CCCN(C)C1.